The molecule has 6 heteroatoms. The second kappa shape index (κ2) is 5.15. The third-order valence-corrected chi connectivity index (χ3v) is 2.12. The van der Waals surface area contributed by atoms with Crippen LogP contribution in [0.2, 0.25) is 0 Å². The van der Waals surface area contributed by atoms with Gasteiger partial charge in [-0.25, -0.2) is 8.78 Å². The lowest BCUT2D eigenvalue weighted by atomic mass is 9.99. The van der Waals surface area contributed by atoms with Gasteiger partial charge in [0.15, 0.2) is 0 Å². The van der Waals surface area contributed by atoms with Crippen LogP contribution in [0.3, 0.4) is 0 Å². The van der Waals surface area contributed by atoms with Crippen molar-refractivity contribution in [3.63, 3.8) is 0 Å². The van der Waals surface area contributed by atoms with Crippen molar-refractivity contribution in [1.82, 2.24) is 4.98 Å². The van der Waals surface area contributed by atoms with Crippen molar-refractivity contribution in [2.75, 3.05) is 0 Å². The van der Waals surface area contributed by atoms with E-state index in [4.69, 9.17) is 16.3 Å². The van der Waals surface area contributed by atoms with E-state index in [2.05, 4.69) is 4.98 Å². The average molecular weight is 222 g/mol. The van der Waals surface area contributed by atoms with Gasteiger partial charge in [0, 0.05) is 12.7 Å². The first-order valence-electron chi connectivity index (χ1n) is 4.41. The Balaban J connectivity index is 3.46. The summed E-state index contributed by atoms with van der Waals surface area (Å²) in [6.45, 7) is -0.0673. The van der Waals surface area contributed by atoms with Crippen LogP contribution >= 0.6 is 0 Å². The molecule has 0 saturated carbocycles. The highest BCUT2D eigenvalue weighted by Gasteiger charge is 2.19. The zero-order chi connectivity index (χ0) is 12.1. The molecule has 0 saturated heterocycles. The molecule has 2 N–H and O–H groups in total. The van der Waals surface area contributed by atoms with Crippen molar-refractivity contribution < 1.29 is 8.78 Å². The van der Waals surface area contributed by atoms with Crippen LogP contribution in [0.15, 0.2) is 6.20 Å². The molecule has 0 aliphatic rings. The molecule has 1 aromatic rings. The second-order valence-corrected chi connectivity index (χ2v) is 2.97. The van der Waals surface area contributed by atoms with Gasteiger partial charge in [-0.2, -0.15) is 10.5 Å². The van der Waals surface area contributed by atoms with E-state index in [1.807, 2.05) is 6.07 Å². The Bertz CT molecular complexity index is 471. The first-order valence-corrected chi connectivity index (χ1v) is 4.41. The van der Waals surface area contributed by atoms with Crippen LogP contribution in [-0.2, 0) is 13.0 Å². The molecule has 0 unspecified atom stereocenters. The van der Waals surface area contributed by atoms with E-state index in [0.717, 1.165) is 6.20 Å². The normalized spacial score (nSPS) is 9.88. The number of aromatic nitrogens is 1. The summed E-state index contributed by atoms with van der Waals surface area (Å²) in [5.41, 5.74) is 5.40. The van der Waals surface area contributed by atoms with Crippen molar-refractivity contribution in [2.45, 2.75) is 19.4 Å². The number of alkyl halides is 2. The number of nitrogens with two attached hydrogens (primary N) is 1. The molecule has 1 rings (SSSR count). The van der Waals surface area contributed by atoms with Crippen LogP contribution in [0.4, 0.5) is 8.78 Å². The summed E-state index contributed by atoms with van der Waals surface area (Å²) >= 11 is 0. The highest BCUT2D eigenvalue weighted by atomic mass is 19.3. The fourth-order valence-corrected chi connectivity index (χ4v) is 1.40. The molecule has 0 aliphatic carbocycles. The zero-order valence-corrected chi connectivity index (χ0v) is 8.24. The average Bonchev–Trinajstić information content (AvgIpc) is 2.28. The molecule has 0 bridgehead atoms. The maximum Gasteiger partial charge on any atom is 0.280 e. The van der Waals surface area contributed by atoms with Gasteiger partial charge in [-0.3, -0.25) is 4.98 Å². The Morgan fingerprint density at radius 1 is 1.38 bits per heavy atom. The van der Waals surface area contributed by atoms with Crippen LogP contribution in [0.1, 0.15) is 28.8 Å². The van der Waals surface area contributed by atoms with Crippen LogP contribution in [-0.4, -0.2) is 4.98 Å². The molecular weight excluding hydrogens is 214 g/mol. The van der Waals surface area contributed by atoms with Gasteiger partial charge in [-0.1, -0.05) is 0 Å². The third-order valence-electron chi connectivity index (χ3n) is 2.12. The van der Waals surface area contributed by atoms with Crippen LogP contribution in [0, 0.1) is 22.7 Å². The van der Waals surface area contributed by atoms with Crippen LogP contribution in [0.25, 0.3) is 0 Å². The number of halogens is 2. The standard InChI is InChI=1S/C10H8F2N4/c11-10(12)9-7(1-2-13)8(4-15)6(3-14)5-16-9/h5,10H,1,4,15H2. The Hall–Kier alpha value is -2.05. The maximum absolute atomic E-state index is 12.6. The predicted octanol–water partition coefficient (Wildman–Crippen LogP) is 1.42. The summed E-state index contributed by atoms with van der Waals surface area (Å²) in [5, 5.41) is 17.3. The van der Waals surface area contributed by atoms with E-state index >= 15 is 0 Å². The van der Waals surface area contributed by atoms with E-state index in [-0.39, 0.29) is 29.7 Å². The fourth-order valence-electron chi connectivity index (χ4n) is 1.40. The molecule has 82 valence electrons. The number of hydrogen-bond acceptors (Lipinski definition) is 4. The SMILES string of the molecule is N#CCc1c(C(F)F)ncc(C#N)c1CN. The molecule has 4 nitrogen and oxygen atoms in total. The molecule has 0 amide bonds. The summed E-state index contributed by atoms with van der Waals surface area (Å²) in [7, 11) is 0. The molecule has 0 aromatic carbocycles. The summed E-state index contributed by atoms with van der Waals surface area (Å²) in [6.07, 6.45) is -1.94. The molecule has 1 aromatic heterocycles. The summed E-state index contributed by atoms with van der Waals surface area (Å²) in [5.74, 6) is 0. The number of pyridine rings is 1. The lowest BCUT2D eigenvalue weighted by molar-refractivity contribution is 0.145. The van der Waals surface area contributed by atoms with Crippen LogP contribution < -0.4 is 5.73 Å². The lowest BCUT2D eigenvalue weighted by Gasteiger charge is -2.11. The van der Waals surface area contributed by atoms with Crippen molar-refractivity contribution in [2.24, 2.45) is 5.73 Å². The highest BCUT2D eigenvalue weighted by molar-refractivity contribution is 5.44. The van der Waals surface area contributed by atoms with Crippen molar-refractivity contribution in [3.05, 3.63) is 28.6 Å². The topological polar surface area (TPSA) is 86.5 Å². The summed E-state index contributed by atoms with van der Waals surface area (Å²) < 4.78 is 25.2. The van der Waals surface area contributed by atoms with E-state index in [0.29, 0.717) is 0 Å². The van der Waals surface area contributed by atoms with Gasteiger partial charge in [0.1, 0.15) is 11.8 Å². The quantitative estimate of drug-likeness (QED) is 0.837. The smallest absolute Gasteiger partial charge is 0.280 e. The number of rotatable bonds is 3. The van der Waals surface area contributed by atoms with Gasteiger partial charge in [0.25, 0.3) is 6.43 Å². The predicted molar refractivity (Wildman–Crippen MR) is 51.1 cm³/mol. The minimum absolute atomic E-state index is 0.0673. The Labute approximate surface area is 90.9 Å². The van der Waals surface area contributed by atoms with Crippen molar-refractivity contribution in [3.8, 4) is 12.1 Å². The first kappa shape index (κ1) is 12.0. The van der Waals surface area contributed by atoms with E-state index in [9.17, 15) is 8.78 Å². The van der Waals surface area contributed by atoms with Gasteiger partial charge in [-0.15, -0.1) is 0 Å². The monoisotopic (exact) mass is 222 g/mol. The minimum Gasteiger partial charge on any atom is -0.326 e. The van der Waals surface area contributed by atoms with Crippen LogP contribution in [0.5, 0.6) is 0 Å². The van der Waals surface area contributed by atoms with Gasteiger partial charge in [0.2, 0.25) is 0 Å². The minimum atomic E-state index is -2.78. The van der Waals surface area contributed by atoms with E-state index in [1.165, 1.54) is 0 Å². The highest BCUT2D eigenvalue weighted by Crippen LogP contribution is 2.25. The number of hydrogen-bond donors (Lipinski definition) is 1. The zero-order valence-electron chi connectivity index (χ0n) is 8.24. The second-order valence-electron chi connectivity index (χ2n) is 2.97. The van der Waals surface area contributed by atoms with Crippen molar-refractivity contribution >= 4 is 0 Å². The molecule has 0 spiro atoms. The Morgan fingerprint density at radius 3 is 2.50 bits per heavy atom. The molecule has 0 fully saturated rings. The molecule has 16 heavy (non-hydrogen) atoms. The van der Waals surface area contributed by atoms with Gasteiger partial charge < -0.3 is 5.73 Å². The molecule has 0 radical (unpaired) electrons. The molecule has 1 heterocycles. The molecule has 0 aliphatic heterocycles. The van der Waals surface area contributed by atoms with E-state index in [1.54, 1.807) is 6.07 Å². The Kier molecular flexibility index (Phi) is 3.87. The fraction of sp³-hybridized carbons (Fsp3) is 0.300. The summed E-state index contributed by atoms with van der Waals surface area (Å²) in [4.78, 5) is 3.50. The van der Waals surface area contributed by atoms with E-state index < -0.39 is 12.1 Å². The molecular formula is C10H8F2N4. The van der Waals surface area contributed by atoms with Gasteiger partial charge in [0.05, 0.1) is 18.1 Å². The largest absolute Gasteiger partial charge is 0.326 e. The van der Waals surface area contributed by atoms with Gasteiger partial charge >= 0.3 is 0 Å². The van der Waals surface area contributed by atoms with Crippen molar-refractivity contribution in [1.29, 1.82) is 10.5 Å². The van der Waals surface area contributed by atoms with Gasteiger partial charge in [-0.05, 0) is 11.1 Å². The number of nitriles is 2. The first-order chi connectivity index (χ1) is 7.65. The Morgan fingerprint density at radius 2 is 2.06 bits per heavy atom. The summed E-state index contributed by atoms with van der Waals surface area (Å²) in [6, 6.07) is 3.58. The maximum atomic E-state index is 12.6. The molecule has 0 atom stereocenters. The number of nitrogens with zero attached hydrogens (tertiary/aromatic N) is 3. The third kappa shape index (κ3) is 2.13. The lowest BCUT2D eigenvalue weighted by Crippen LogP contribution is -2.10.